The van der Waals surface area contributed by atoms with Gasteiger partial charge in [0, 0.05) is 45.4 Å². The van der Waals surface area contributed by atoms with Gasteiger partial charge in [-0.25, -0.2) is 0 Å². The van der Waals surface area contributed by atoms with Gasteiger partial charge in [-0.2, -0.15) is 0 Å². The molecule has 1 fully saturated rings. The molecule has 0 unspecified atom stereocenters. The number of hydrogen-bond donors (Lipinski definition) is 0. The van der Waals surface area contributed by atoms with Crippen LogP contribution in [0.5, 0.6) is 0 Å². The van der Waals surface area contributed by atoms with Crippen molar-refractivity contribution in [3.63, 3.8) is 0 Å². The van der Waals surface area contributed by atoms with E-state index in [1.54, 1.807) is 0 Å². The fourth-order valence-electron chi connectivity index (χ4n) is 9.91. The molecule has 0 saturated carbocycles. The molecule has 0 spiro atoms. The van der Waals surface area contributed by atoms with Gasteiger partial charge in [-0.15, -0.1) is 0 Å². The minimum atomic E-state index is 0.0914. The first kappa shape index (κ1) is 64.6. The molecule has 1 heterocycles. The Bertz CT molecular complexity index is 1230. The maximum atomic E-state index is 14.1. The highest BCUT2D eigenvalue weighted by molar-refractivity contribution is 5.82. The maximum absolute atomic E-state index is 14.1. The lowest BCUT2D eigenvalue weighted by Gasteiger charge is -2.36. The van der Waals surface area contributed by atoms with Crippen molar-refractivity contribution in [1.82, 2.24) is 14.9 Å². The van der Waals surface area contributed by atoms with Gasteiger partial charge in [0.2, 0.25) is 17.7 Å². The second-order valence-corrected chi connectivity index (χ2v) is 21.2. The molecule has 0 aromatic heterocycles. The Labute approximate surface area is 430 Å². The van der Waals surface area contributed by atoms with Crippen LogP contribution in [-0.2, 0) is 14.4 Å². The summed E-state index contributed by atoms with van der Waals surface area (Å²) in [7, 11) is 0. The Morgan fingerprint density at radius 3 is 0.855 bits per heavy atom. The smallest absolute Gasteiger partial charge is 0.241 e. The predicted octanol–water partition coefficient (Wildman–Crippen LogP) is 19.5. The minimum Gasteiger partial charge on any atom is -0.343 e. The summed E-state index contributed by atoms with van der Waals surface area (Å²) in [5.74, 6) is 0.474. The highest BCUT2D eigenvalue weighted by Crippen LogP contribution is 2.19. The summed E-state index contributed by atoms with van der Waals surface area (Å²) in [6, 6.07) is 0. The van der Waals surface area contributed by atoms with Gasteiger partial charge in [-0.3, -0.25) is 24.4 Å². The van der Waals surface area contributed by atoms with Crippen LogP contribution in [0.1, 0.15) is 323 Å². The van der Waals surface area contributed by atoms with Crippen LogP contribution in [0.15, 0.2) is 36.5 Å². The number of rotatable bonds is 45. The summed E-state index contributed by atoms with van der Waals surface area (Å²) in [5.41, 5.74) is 0. The summed E-state index contributed by atoms with van der Waals surface area (Å²) in [4.78, 5) is 43.8. The van der Waals surface area contributed by atoms with Gasteiger partial charge in [0.25, 0.3) is 0 Å². The van der Waals surface area contributed by atoms with Crippen molar-refractivity contribution in [2.45, 2.75) is 323 Å². The van der Waals surface area contributed by atoms with E-state index in [-0.39, 0.29) is 17.7 Å². The first-order valence-corrected chi connectivity index (χ1v) is 30.9. The monoisotopic (exact) mass is 964 g/mol. The second kappa shape index (κ2) is 52.0. The first-order valence-electron chi connectivity index (χ1n) is 30.9. The molecule has 402 valence electrons. The SMILES string of the molecule is CCCCCCCC/C=C\CCCCCCCC(=O)N1CCCCCCN(C(=O)CCCCCCC/C=C\CCCCCCCC)N(C(=O)CCCCCCC/C=C\CCCCCCCC)CCC1. The molecular formula is C63H117N3O3. The van der Waals surface area contributed by atoms with E-state index < -0.39 is 0 Å². The van der Waals surface area contributed by atoms with Gasteiger partial charge in [-0.1, -0.05) is 224 Å². The van der Waals surface area contributed by atoms with Gasteiger partial charge in [0.15, 0.2) is 0 Å². The lowest BCUT2D eigenvalue weighted by Crippen LogP contribution is -2.51. The first-order chi connectivity index (χ1) is 34.0. The van der Waals surface area contributed by atoms with E-state index in [1.165, 1.54) is 186 Å². The molecule has 0 radical (unpaired) electrons. The standard InChI is InChI=1S/C63H117N3O3/c1-4-7-10-13-16-19-22-25-28-31-34-37-40-43-48-54-61(67)64-57-51-46-47-52-59-65(62(68)55-49-44-41-38-35-32-29-26-23-20-17-14-11-8-5-2)66(60-53-58-64)63(69)56-50-45-42-39-36-33-30-27-24-21-18-15-12-9-6-3/h25-30H,4-24,31-60H2,1-3H3/b28-25-,29-26-,30-27-. The largest absolute Gasteiger partial charge is 0.343 e. The minimum absolute atomic E-state index is 0.0914. The van der Waals surface area contributed by atoms with Crippen LogP contribution in [0.25, 0.3) is 0 Å². The number of unbranched alkanes of at least 4 members (excludes halogenated alkanes) is 33. The topological polar surface area (TPSA) is 60.9 Å². The number of hydrazine groups is 1. The van der Waals surface area contributed by atoms with E-state index in [0.717, 1.165) is 96.4 Å². The molecule has 69 heavy (non-hydrogen) atoms. The molecule has 6 heteroatoms. The zero-order chi connectivity index (χ0) is 49.8. The van der Waals surface area contributed by atoms with Gasteiger partial charge >= 0.3 is 0 Å². The van der Waals surface area contributed by atoms with Gasteiger partial charge in [0.1, 0.15) is 0 Å². The van der Waals surface area contributed by atoms with Crippen molar-refractivity contribution in [1.29, 1.82) is 0 Å². The van der Waals surface area contributed by atoms with E-state index in [4.69, 9.17) is 0 Å². The Kier molecular flexibility index (Phi) is 48.7. The number of allylic oxidation sites excluding steroid dienone is 6. The Morgan fingerprint density at radius 1 is 0.275 bits per heavy atom. The van der Waals surface area contributed by atoms with Crippen LogP contribution in [-0.4, -0.2) is 58.8 Å². The summed E-state index contributed by atoms with van der Waals surface area (Å²) < 4.78 is 0. The zero-order valence-electron chi connectivity index (χ0n) is 46.6. The Morgan fingerprint density at radius 2 is 0.522 bits per heavy atom. The summed E-state index contributed by atoms with van der Waals surface area (Å²) in [6.45, 7) is 9.45. The molecule has 3 amide bonds. The van der Waals surface area contributed by atoms with E-state index in [2.05, 4.69) is 62.1 Å². The fourth-order valence-corrected chi connectivity index (χ4v) is 9.91. The Balaban J connectivity index is 2.61. The van der Waals surface area contributed by atoms with Crippen LogP contribution < -0.4 is 0 Å². The third-order valence-electron chi connectivity index (χ3n) is 14.5. The van der Waals surface area contributed by atoms with Crippen molar-refractivity contribution in [2.24, 2.45) is 0 Å². The zero-order valence-corrected chi connectivity index (χ0v) is 46.6. The molecule has 1 rings (SSSR count). The summed E-state index contributed by atoms with van der Waals surface area (Å²) in [6.07, 6.45) is 69.1. The van der Waals surface area contributed by atoms with Gasteiger partial charge in [0.05, 0.1) is 0 Å². The molecule has 6 nitrogen and oxygen atoms in total. The second-order valence-electron chi connectivity index (χ2n) is 21.2. The molecule has 0 aromatic rings. The predicted molar refractivity (Wildman–Crippen MR) is 301 cm³/mol. The number of hydrogen-bond acceptors (Lipinski definition) is 3. The molecule has 1 aliphatic rings. The van der Waals surface area contributed by atoms with Crippen LogP contribution in [0.2, 0.25) is 0 Å². The average Bonchev–Trinajstić information content (AvgIpc) is 3.35. The van der Waals surface area contributed by atoms with E-state index in [1.807, 2.05) is 10.0 Å². The van der Waals surface area contributed by atoms with Gasteiger partial charge < -0.3 is 4.90 Å². The number of carbonyl (C=O) groups is 3. The lowest BCUT2D eigenvalue weighted by molar-refractivity contribution is -0.165. The van der Waals surface area contributed by atoms with E-state index in [0.29, 0.717) is 45.3 Å². The van der Waals surface area contributed by atoms with Crippen molar-refractivity contribution < 1.29 is 14.4 Å². The number of nitrogens with zero attached hydrogens (tertiary/aromatic N) is 3. The van der Waals surface area contributed by atoms with Crippen LogP contribution in [0, 0.1) is 0 Å². The summed E-state index contributed by atoms with van der Waals surface area (Å²) in [5, 5.41) is 3.69. The van der Waals surface area contributed by atoms with Crippen molar-refractivity contribution in [2.75, 3.05) is 26.2 Å². The normalized spacial score (nSPS) is 14.4. The molecular weight excluding hydrogens is 847 g/mol. The number of amides is 3. The molecule has 1 aliphatic heterocycles. The maximum Gasteiger partial charge on any atom is 0.241 e. The highest BCUT2D eigenvalue weighted by Gasteiger charge is 2.26. The molecule has 0 bridgehead atoms. The van der Waals surface area contributed by atoms with Gasteiger partial charge in [-0.05, 0) is 116 Å². The molecule has 0 aromatic carbocycles. The Hall–Kier alpha value is -2.37. The van der Waals surface area contributed by atoms with Crippen LogP contribution in [0.3, 0.4) is 0 Å². The molecule has 0 aliphatic carbocycles. The van der Waals surface area contributed by atoms with Crippen molar-refractivity contribution >= 4 is 17.7 Å². The average molecular weight is 965 g/mol. The quantitative estimate of drug-likeness (QED) is 0.0451. The molecule has 0 atom stereocenters. The number of carbonyl (C=O) groups excluding carboxylic acids is 3. The van der Waals surface area contributed by atoms with Crippen molar-refractivity contribution in [3.8, 4) is 0 Å². The fraction of sp³-hybridized carbons (Fsp3) is 0.857. The van der Waals surface area contributed by atoms with E-state index >= 15 is 0 Å². The van der Waals surface area contributed by atoms with Crippen LogP contribution >= 0.6 is 0 Å². The third-order valence-corrected chi connectivity index (χ3v) is 14.5. The lowest BCUT2D eigenvalue weighted by atomic mass is 10.1. The van der Waals surface area contributed by atoms with Crippen LogP contribution in [0.4, 0.5) is 0 Å². The third kappa shape index (κ3) is 41.9. The highest BCUT2D eigenvalue weighted by atomic mass is 16.2. The summed E-state index contributed by atoms with van der Waals surface area (Å²) >= 11 is 0. The molecule has 1 saturated heterocycles. The molecule has 0 N–H and O–H groups in total. The van der Waals surface area contributed by atoms with E-state index in [9.17, 15) is 14.4 Å². The van der Waals surface area contributed by atoms with Crippen molar-refractivity contribution in [3.05, 3.63) is 36.5 Å².